The summed E-state index contributed by atoms with van der Waals surface area (Å²) in [5, 5.41) is 8.87. The summed E-state index contributed by atoms with van der Waals surface area (Å²) < 4.78 is 11.2. The van der Waals surface area contributed by atoms with Crippen LogP contribution in [-0.4, -0.2) is 18.3 Å². The second-order valence-electron chi connectivity index (χ2n) is 4.35. The summed E-state index contributed by atoms with van der Waals surface area (Å²) in [5.74, 6) is 2.04. The van der Waals surface area contributed by atoms with Gasteiger partial charge in [0.2, 0.25) is 0 Å². The molecule has 0 radical (unpaired) electrons. The highest BCUT2D eigenvalue weighted by molar-refractivity contribution is 5.56. The van der Waals surface area contributed by atoms with Crippen LogP contribution in [0.3, 0.4) is 0 Å². The van der Waals surface area contributed by atoms with Crippen LogP contribution < -0.4 is 15.2 Å². The standard InChI is InChI=1S/C16H19NO3/c1-2-19-16-11-14(7-8-15(16)17)20-13-5-3-12(4-6-13)9-10-18/h3-8,11,18H,2,9-10,17H2,1H3. The molecule has 0 atom stereocenters. The summed E-state index contributed by atoms with van der Waals surface area (Å²) in [6.07, 6.45) is 0.649. The normalized spacial score (nSPS) is 10.3. The quantitative estimate of drug-likeness (QED) is 0.794. The number of rotatable bonds is 6. The van der Waals surface area contributed by atoms with Crippen LogP contribution >= 0.6 is 0 Å². The van der Waals surface area contributed by atoms with Crippen LogP contribution in [-0.2, 0) is 6.42 Å². The third kappa shape index (κ3) is 3.65. The predicted octanol–water partition coefficient (Wildman–Crippen LogP) is 2.99. The Hall–Kier alpha value is -2.20. The van der Waals surface area contributed by atoms with Gasteiger partial charge < -0.3 is 20.3 Å². The van der Waals surface area contributed by atoms with E-state index in [1.807, 2.05) is 31.2 Å². The molecule has 0 fully saturated rings. The molecular formula is C16H19NO3. The average Bonchev–Trinajstić information content (AvgIpc) is 2.45. The van der Waals surface area contributed by atoms with Crippen molar-refractivity contribution >= 4 is 5.69 Å². The minimum atomic E-state index is 0.149. The Morgan fingerprint density at radius 3 is 2.40 bits per heavy atom. The predicted molar refractivity (Wildman–Crippen MR) is 79.3 cm³/mol. The lowest BCUT2D eigenvalue weighted by Crippen LogP contribution is -1.97. The maximum atomic E-state index is 8.87. The highest BCUT2D eigenvalue weighted by Crippen LogP contribution is 2.30. The van der Waals surface area contributed by atoms with E-state index in [9.17, 15) is 0 Å². The van der Waals surface area contributed by atoms with Crippen molar-refractivity contribution in [3.63, 3.8) is 0 Å². The maximum Gasteiger partial charge on any atom is 0.145 e. The van der Waals surface area contributed by atoms with Gasteiger partial charge in [-0.2, -0.15) is 0 Å². The van der Waals surface area contributed by atoms with E-state index in [2.05, 4.69) is 0 Å². The molecule has 0 aliphatic carbocycles. The Morgan fingerprint density at radius 1 is 1.05 bits per heavy atom. The van der Waals surface area contributed by atoms with Gasteiger partial charge in [0, 0.05) is 12.7 Å². The van der Waals surface area contributed by atoms with E-state index in [1.54, 1.807) is 18.2 Å². The van der Waals surface area contributed by atoms with Crippen molar-refractivity contribution in [1.82, 2.24) is 0 Å². The van der Waals surface area contributed by atoms with Crippen LogP contribution in [0, 0.1) is 0 Å². The van der Waals surface area contributed by atoms with Gasteiger partial charge >= 0.3 is 0 Å². The Labute approximate surface area is 118 Å². The highest BCUT2D eigenvalue weighted by atomic mass is 16.5. The molecule has 2 rings (SSSR count). The highest BCUT2D eigenvalue weighted by Gasteiger charge is 2.04. The van der Waals surface area contributed by atoms with Gasteiger partial charge in [-0.05, 0) is 43.2 Å². The van der Waals surface area contributed by atoms with Gasteiger partial charge in [0.25, 0.3) is 0 Å². The number of hydrogen-bond acceptors (Lipinski definition) is 4. The number of aliphatic hydroxyl groups is 1. The van der Waals surface area contributed by atoms with Gasteiger partial charge in [0.15, 0.2) is 0 Å². The lowest BCUT2D eigenvalue weighted by molar-refractivity contribution is 0.299. The Kier molecular flexibility index (Phi) is 4.85. The summed E-state index contributed by atoms with van der Waals surface area (Å²) in [6.45, 7) is 2.62. The van der Waals surface area contributed by atoms with Crippen molar-refractivity contribution in [2.45, 2.75) is 13.3 Å². The largest absolute Gasteiger partial charge is 0.492 e. The average molecular weight is 273 g/mol. The first-order valence-electron chi connectivity index (χ1n) is 6.63. The zero-order chi connectivity index (χ0) is 14.4. The fraction of sp³-hybridized carbons (Fsp3) is 0.250. The number of benzene rings is 2. The van der Waals surface area contributed by atoms with Crippen LogP contribution in [0.25, 0.3) is 0 Å². The number of nitrogen functional groups attached to an aromatic ring is 1. The number of nitrogens with two attached hydrogens (primary N) is 1. The SMILES string of the molecule is CCOc1cc(Oc2ccc(CCO)cc2)ccc1N. The van der Waals surface area contributed by atoms with E-state index in [4.69, 9.17) is 20.3 Å². The molecule has 0 amide bonds. The summed E-state index contributed by atoms with van der Waals surface area (Å²) in [6, 6.07) is 13.0. The zero-order valence-corrected chi connectivity index (χ0v) is 11.5. The van der Waals surface area contributed by atoms with Crippen molar-refractivity contribution in [2.75, 3.05) is 18.9 Å². The summed E-state index contributed by atoms with van der Waals surface area (Å²) in [5.41, 5.74) is 7.49. The van der Waals surface area contributed by atoms with E-state index in [-0.39, 0.29) is 6.61 Å². The first kappa shape index (κ1) is 14.2. The maximum absolute atomic E-state index is 8.87. The molecule has 0 saturated carbocycles. The molecule has 0 spiro atoms. The molecule has 0 aromatic heterocycles. The summed E-state index contributed by atoms with van der Waals surface area (Å²) >= 11 is 0. The van der Waals surface area contributed by atoms with Gasteiger partial charge in [-0.15, -0.1) is 0 Å². The van der Waals surface area contributed by atoms with Crippen LogP contribution in [0.2, 0.25) is 0 Å². The van der Waals surface area contributed by atoms with Crippen LogP contribution in [0.5, 0.6) is 17.2 Å². The molecule has 3 N–H and O–H groups in total. The van der Waals surface area contributed by atoms with Gasteiger partial charge in [0.1, 0.15) is 17.2 Å². The molecule has 0 heterocycles. The van der Waals surface area contributed by atoms with E-state index in [0.29, 0.717) is 30.2 Å². The molecular weight excluding hydrogens is 254 g/mol. The lowest BCUT2D eigenvalue weighted by Gasteiger charge is -2.10. The lowest BCUT2D eigenvalue weighted by atomic mass is 10.1. The molecule has 0 saturated heterocycles. The molecule has 4 heteroatoms. The molecule has 20 heavy (non-hydrogen) atoms. The number of hydrogen-bond donors (Lipinski definition) is 2. The van der Waals surface area contributed by atoms with Crippen LogP contribution in [0.4, 0.5) is 5.69 Å². The van der Waals surface area contributed by atoms with Gasteiger partial charge in [0.05, 0.1) is 12.3 Å². The van der Waals surface area contributed by atoms with Crippen LogP contribution in [0.15, 0.2) is 42.5 Å². The first-order chi connectivity index (χ1) is 9.72. The van der Waals surface area contributed by atoms with Crippen molar-refractivity contribution in [1.29, 1.82) is 0 Å². The minimum absolute atomic E-state index is 0.149. The molecule has 0 aliphatic rings. The van der Waals surface area contributed by atoms with Crippen molar-refractivity contribution in [3.05, 3.63) is 48.0 Å². The molecule has 106 valence electrons. The Balaban J connectivity index is 2.11. The topological polar surface area (TPSA) is 64.7 Å². The second kappa shape index (κ2) is 6.82. The van der Waals surface area contributed by atoms with Crippen molar-refractivity contribution < 1.29 is 14.6 Å². The number of aliphatic hydroxyl groups excluding tert-OH is 1. The van der Waals surface area contributed by atoms with Gasteiger partial charge in [-0.25, -0.2) is 0 Å². The Bertz CT molecular complexity index is 552. The molecule has 0 bridgehead atoms. The Morgan fingerprint density at radius 2 is 1.75 bits per heavy atom. The van der Waals surface area contributed by atoms with Gasteiger partial charge in [-0.3, -0.25) is 0 Å². The minimum Gasteiger partial charge on any atom is -0.492 e. The molecule has 4 nitrogen and oxygen atoms in total. The number of anilines is 1. The smallest absolute Gasteiger partial charge is 0.145 e. The van der Waals surface area contributed by atoms with E-state index < -0.39 is 0 Å². The zero-order valence-electron chi connectivity index (χ0n) is 11.5. The second-order valence-corrected chi connectivity index (χ2v) is 4.35. The third-order valence-corrected chi connectivity index (χ3v) is 2.84. The number of ether oxygens (including phenoxy) is 2. The molecule has 2 aromatic carbocycles. The molecule has 0 aliphatic heterocycles. The van der Waals surface area contributed by atoms with E-state index in [1.165, 1.54) is 0 Å². The fourth-order valence-electron chi connectivity index (χ4n) is 1.85. The molecule has 2 aromatic rings. The monoisotopic (exact) mass is 273 g/mol. The molecule has 0 unspecified atom stereocenters. The summed E-state index contributed by atoms with van der Waals surface area (Å²) in [7, 11) is 0. The van der Waals surface area contributed by atoms with Crippen molar-refractivity contribution in [3.8, 4) is 17.2 Å². The first-order valence-corrected chi connectivity index (χ1v) is 6.63. The summed E-state index contributed by atoms with van der Waals surface area (Å²) in [4.78, 5) is 0. The van der Waals surface area contributed by atoms with E-state index >= 15 is 0 Å². The fourth-order valence-corrected chi connectivity index (χ4v) is 1.85. The van der Waals surface area contributed by atoms with Gasteiger partial charge in [-0.1, -0.05) is 12.1 Å². The van der Waals surface area contributed by atoms with Crippen LogP contribution in [0.1, 0.15) is 12.5 Å². The van der Waals surface area contributed by atoms with Crippen molar-refractivity contribution in [2.24, 2.45) is 0 Å². The third-order valence-electron chi connectivity index (χ3n) is 2.84. The van der Waals surface area contributed by atoms with E-state index in [0.717, 1.165) is 11.3 Å².